The van der Waals surface area contributed by atoms with E-state index in [1.165, 1.54) is 11.8 Å². The summed E-state index contributed by atoms with van der Waals surface area (Å²) in [6, 6.07) is 8.76. The summed E-state index contributed by atoms with van der Waals surface area (Å²) in [5.74, 6) is -0.782. The van der Waals surface area contributed by atoms with Gasteiger partial charge in [0.05, 0.1) is 12.1 Å². The molecule has 6 nitrogen and oxygen atoms in total. The van der Waals surface area contributed by atoms with E-state index >= 15 is 0 Å². The average Bonchev–Trinajstić information content (AvgIpc) is 2.41. The maximum Gasteiger partial charge on any atom is 0.309 e. The molecule has 0 fully saturated rings. The van der Waals surface area contributed by atoms with Gasteiger partial charge in [0.1, 0.15) is 0 Å². The van der Waals surface area contributed by atoms with Crippen molar-refractivity contribution in [3.8, 4) is 0 Å². The lowest BCUT2D eigenvalue weighted by molar-refractivity contribution is -0.135. The summed E-state index contributed by atoms with van der Waals surface area (Å²) in [5.41, 5.74) is 1.02. The minimum absolute atomic E-state index is 0.129. The molecule has 1 aliphatic rings. The van der Waals surface area contributed by atoms with Crippen molar-refractivity contribution in [3.05, 3.63) is 35.9 Å². The molecule has 0 unspecified atom stereocenters. The van der Waals surface area contributed by atoms with Gasteiger partial charge in [-0.3, -0.25) is 14.9 Å². The van der Waals surface area contributed by atoms with Crippen LogP contribution in [0.4, 0.5) is 0 Å². The van der Waals surface area contributed by atoms with Crippen molar-refractivity contribution in [2.45, 2.75) is 6.42 Å². The number of carboxylic acids is 1. The van der Waals surface area contributed by atoms with E-state index in [0.717, 1.165) is 0 Å². The van der Waals surface area contributed by atoms with Gasteiger partial charge in [-0.25, -0.2) is 0 Å². The second-order valence-corrected chi connectivity index (χ2v) is 4.71. The van der Waals surface area contributed by atoms with E-state index < -0.39 is 5.97 Å². The molecule has 0 radical (unpaired) electrons. The van der Waals surface area contributed by atoms with Crippen LogP contribution < -0.4 is 5.32 Å². The van der Waals surface area contributed by atoms with Gasteiger partial charge >= 0.3 is 5.97 Å². The van der Waals surface area contributed by atoms with Crippen LogP contribution in [0.5, 0.6) is 0 Å². The zero-order valence-corrected chi connectivity index (χ0v) is 10.7. The number of amidine groups is 1. The Morgan fingerprint density at radius 2 is 2.00 bits per heavy atom. The molecule has 1 aromatic rings. The highest BCUT2D eigenvalue weighted by Gasteiger charge is 2.15. The molecule has 0 saturated carbocycles. The van der Waals surface area contributed by atoms with E-state index in [2.05, 4.69) is 15.5 Å². The van der Waals surface area contributed by atoms with Gasteiger partial charge in [-0.15, -0.1) is 5.10 Å². The third kappa shape index (κ3) is 3.92. The number of hydrogen-bond donors (Lipinski definition) is 2. The molecule has 1 aliphatic heterocycles. The van der Waals surface area contributed by atoms with Gasteiger partial charge in [0.15, 0.2) is 5.17 Å². The Balaban J connectivity index is 1.98. The summed E-state index contributed by atoms with van der Waals surface area (Å²) in [6.07, 6.45) is -0.129. The fraction of sp³-hybridized carbons (Fsp3) is 0.167. The summed E-state index contributed by atoms with van der Waals surface area (Å²) in [5, 5.41) is 19.2. The number of nitrogens with zero attached hydrogens (tertiary/aromatic N) is 2. The van der Waals surface area contributed by atoms with E-state index in [9.17, 15) is 9.59 Å². The first-order chi connectivity index (χ1) is 9.15. The molecule has 1 aromatic carbocycles. The predicted octanol–water partition coefficient (Wildman–Crippen LogP) is 1.35. The third-order valence-electron chi connectivity index (χ3n) is 2.27. The van der Waals surface area contributed by atoms with E-state index in [0.29, 0.717) is 22.2 Å². The van der Waals surface area contributed by atoms with Crippen molar-refractivity contribution >= 4 is 34.5 Å². The zero-order chi connectivity index (χ0) is 13.7. The lowest BCUT2D eigenvalue weighted by atomic mass is 10.2. The normalized spacial score (nSPS) is 14.3. The van der Waals surface area contributed by atoms with Crippen molar-refractivity contribution in [1.29, 1.82) is 0 Å². The Morgan fingerprint density at radius 3 is 2.58 bits per heavy atom. The summed E-state index contributed by atoms with van der Waals surface area (Å²) in [4.78, 5) is 22.3. The molecule has 0 aromatic heterocycles. The topological polar surface area (TPSA) is 91.1 Å². The number of aliphatic carboxylic acids is 1. The van der Waals surface area contributed by atoms with Crippen LogP contribution in [-0.2, 0) is 4.79 Å². The molecule has 98 valence electrons. The van der Waals surface area contributed by atoms with Crippen LogP contribution in [0.3, 0.4) is 0 Å². The Morgan fingerprint density at radius 1 is 1.26 bits per heavy atom. The maximum absolute atomic E-state index is 11.8. The zero-order valence-electron chi connectivity index (χ0n) is 9.87. The van der Waals surface area contributed by atoms with Gasteiger partial charge in [-0.05, 0) is 12.1 Å². The molecule has 1 heterocycles. The van der Waals surface area contributed by atoms with Crippen LogP contribution in [-0.4, -0.2) is 33.6 Å². The molecular weight excluding hydrogens is 266 g/mol. The standard InChI is InChI=1S/C12H11N3O3S/c16-10(17)6-9-7-19-12(15-14-9)13-11(18)8-4-2-1-3-5-8/h1-5H,6-7H2,(H,16,17)(H,13,15,18). The SMILES string of the molecule is O=C(O)CC1=NN=C(NC(=O)c2ccccc2)SC1. The molecule has 19 heavy (non-hydrogen) atoms. The largest absolute Gasteiger partial charge is 0.481 e. The second kappa shape index (κ2) is 6.14. The number of benzene rings is 1. The van der Waals surface area contributed by atoms with Crippen LogP contribution in [0.1, 0.15) is 16.8 Å². The van der Waals surface area contributed by atoms with Crippen LogP contribution in [0.2, 0.25) is 0 Å². The fourth-order valence-corrected chi connectivity index (χ4v) is 2.13. The van der Waals surface area contributed by atoms with Gasteiger partial charge in [0, 0.05) is 11.3 Å². The molecule has 2 rings (SSSR count). The molecule has 1 amide bonds. The Labute approximate surface area is 113 Å². The van der Waals surface area contributed by atoms with Gasteiger partial charge in [-0.2, -0.15) is 5.10 Å². The summed E-state index contributed by atoms with van der Waals surface area (Å²) < 4.78 is 0. The number of carbonyl (C=O) groups is 2. The molecular formula is C12H11N3O3S. The summed E-state index contributed by atoms with van der Waals surface area (Å²) >= 11 is 1.26. The third-order valence-corrected chi connectivity index (χ3v) is 3.20. The first-order valence-corrected chi connectivity index (χ1v) is 6.48. The Bertz CT molecular complexity index is 555. The van der Waals surface area contributed by atoms with Gasteiger partial charge in [0.25, 0.3) is 5.91 Å². The molecule has 0 aliphatic carbocycles. The summed E-state index contributed by atoms with van der Waals surface area (Å²) in [7, 11) is 0. The van der Waals surface area contributed by atoms with Crippen LogP contribution >= 0.6 is 11.8 Å². The monoisotopic (exact) mass is 277 g/mol. The van der Waals surface area contributed by atoms with Crippen molar-refractivity contribution < 1.29 is 14.7 Å². The second-order valence-electron chi connectivity index (χ2n) is 3.75. The summed E-state index contributed by atoms with van der Waals surface area (Å²) in [6.45, 7) is 0. The number of rotatable bonds is 3. The minimum atomic E-state index is -0.939. The molecule has 0 saturated heterocycles. The van der Waals surface area contributed by atoms with Crippen LogP contribution in [0.25, 0.3) is 0 Å². The molecule has 7 heteroatoms. The Kier molecular flexibility index (Phi) is 4.30. The van der Waals surface area contributed by atoms with Gasteiger partial charge in [-0.1, -0.05) is 30.0 Å². The van der Waals surface area contributed by atoms with E-state index in [4.69, 9.17) is 5.11 Å². The quantitative estimate of drug-likeness (QED) is 0.872. The molecule has 0 bridgehead atoms. The maximum atomic E-state index is 11.8. The minimum Gasteiger partial charge on any atom is -0.481 e. The lowest BCUT2D eigenvalue weighted by Gasteiger charge is -2.11. The van der Waals surface area contributed by atoms with Crippen molar-refractivity contribution in [3.63, 3.8) is 0 Å². The molecule has 0 spiro atoms. The molecule has 2 N–H and O–H groups in total. The number of carboxylic acid groups (broad SMARTS) is 1. The smallest absolute Gasteiger partial charge is 0.309 e. The predicted molar refractivity (Wildman–Crippen MR) is 73.5 cm³/mol. The molecule has 0 atom stereocenters. The van der Waals surface area contributed by atoms with Crippen molar-refractivity contribution in [2.24, 2.45) is 10.2 Å². The van der Waals surface area contributed by atoms with Crippen LogP contribution in [0, 0.1) is 0 Å². The number of nitrogens with one attached hydrogen (secondary N) is 1. The van der Waals surface area contributed by atoms with Crippen molar-refractivity contribution in [2.75, 3.05) is 5.75 Å². The highest BCUT2D eigenvalue weighted by molar-refractivity contribution is 8.14. The number of thioether (sulfide) groups is 1. The van der Waals surface area contributed by atoms with Crippen LogP contribution in [0.15, 0.2) is 40.5 Å². The van der Waals surface area contributed by atoms with Gasteiger partial charge < -0.3 is 5.11 Å². The van der Waals surface area contributed by atoms with E-state index in [-0.39, 0.29) is 12.3 Å². The number of amides is 1. The Hall–Kier alpha value is -2.15. The van der Waals surface area contributed by atoms with E-state index in [1.54, 1.807) is 24.3 Å². The first kappa shape index (κ1) is 13.3. The highest BCUT2D eigenvalue weighted by atomic mass is 32.2. The number of hydrogen-bond acceptors (Lipinski definition) is 5. The fourth-order valence-electron chi connectivity index (χ4n) is 1.41. The first-order valence-electron chi connectivity index (χ1n) is 5.49. The van der Waals surface area contributed by atoms with Gasteiger partial charge in [0.2, 0.25) is 0 Å². The lowest BCUT2D eigenvalue weighted by Crippen LogP contribution is -2.30. The van der Waals surface area contributed by atoms with Crippen molar-refractivity contribution in [1.82, 2.24) is 5.32 Å². The average molecular weight is 277 g/mol. The number of carbonyl (C=O) groups excluding carboxylic acids is 1. The van der Waals surface area contributed by atoms with E-state index in [1.807, 2.05) is 6.07 Å². The highest BCUT2D eigenvalue weighted by Crippen LogP contribution is 2.11.